The number of benzene rings is 3. The van der Waals surface area contributed by atoms with Crippen LogP contribution in [0.5, 0.6) is 0 Å². The number of rotatable bonds is 2. The Morgan fingerprint density at radius 1 is 0.708 bits per heavy atom. The van der Waals surface area contributed by atoms with Crippen molar-refractivity contribution in [2.45, 2.75) is 6.92 Å². The smallest absolute Gasteiger partial charge is 0.255 e. The van der Waals surface area contributed by atoms with Crippen molar-refractivity contribution in [3.05, 3.63) is 94.9 Å². The first-order valence-electron chi connectivity index (χ1n) is 8.01. The van der Waals surface area contributed by atoms with Crippen molar-refractivity contribution >= 4 is 10.8 Å². The number of fused-ring (bicyclic) bond motifs is 1. The van der Waals surface area contributed by atoms with Crippen LogP contribution < -0.4 is 5.56 Å². The molecule has 3 aromatic carbocycles. The summed E-state index contributed by atoms with van der Waals surface area (Å²) in [6, 6.07) is 24.5. The molecule has 0 unspecified atom stereocenters. The molecule has 1 aromatic heterocycles. The number of pyridine rings is 1. The van der Waals surface area contributed by atoms with E-state index in [0.717, 1.165) is 33.0 Å². The number of hydrogen-bond donors (Lipinski definition) is 1. The molecule has 0 amide bonds. The van der Waals surface area contributed by atoms with Gasteiger partial charge in [0.1, 0.15) is 0 Å². The molecule has 0 aliphatic carbocycles. The average Bonchev–Trinajstić information content (AvgIpc) is 2.63. The summed E-state index contributed by atoms with van der Waals surface area (Å²) < 4.78 is 0. The average molecular weight is 311 g/mol. The van der Waals surface area contributed by atoms with Gasteiger partial charge in [-0.25, -0.2) is 0 Å². The summed E-state index contributed by atoms with van der Waals surface area (Å²) in [5.74, 6) is 0. The number of aryl methyl sites for hydroxylation is 1. The number of nitrogens with one attached hydrogen (secondary N) is 1. The van der Waals surface area contributed by atoms with Crippen LogP contribution >= 0.6 is 0 Å². The topological polar surface area (TPSA) is 32.9 Å². The third kappa shape index (κ3) is 2.42. The van der Waals surface area contributed by atoms with Crippen molar-refractivity contribution in [2.75, 3.05) is 0 Å². The van der Waals surface area contributed by atoms with Crippen LogP contribution in [0, 0.1) is 6.92 Å². The van der Waals surface area contributed by atoms with E-state index in [0.29, 0.717) is 0 Å². The van der Waals surface area contributed by atoms with Gasteiger partial charge in [-0.2, -0.15) is 0 Å². The lowest BCUT2D eigenvalue weighted by Gasteiger charge is -2.10. The first-order valence-corrected chi connectivity index (χ1v) is 8.01. The quantitative estimate of drug-likeness (QED) is 0.544. The molecule has 0 aliphatic rings. The summed E-state index contributed by atoms with van der Waals surface area (Å²) in [5.41, 5.74) is 5.50. The fraction of sp³-hybridized carbons (Fsp3) is 0.0455. The molecular formula is C22H17NO. The van der Waals surface area contributed by atoms with Crippen molar-refractivity contribution in [1.82, 2.24) is 4.98 Å². The number of hydrogen-bond acceptors (Lipinski definition) is 1. The van der Waals surface area contributed by atoms with E-state index in [1.165, 1.54) is 5.56 Å². The van der Waals surface area contributed by atoms with Crippen LogP contribution in [-0.4, -0.2) is 4.98 Å². The summed E-state index contributed by atoms with van der Waals surface area (Å²) in [5, 5.41) is 1.70. The van der Waals surface area contributed by atoms with Gasteiger partial charge >= 0.3 is 0 Å². The number of aromatic nitrogens is 1. The van der Waals surface area contributed by atoms with Crippen molar-refractivity contribution in [2.24, 2.45) is 0 Å². The zero-order valence-electron chi connectivity index (χ0n) is 13.4. The van der Waals surface area contributed by atoms with E-state index in [4.69, 9.17) is 0 Å². The summed E-state index contributed by atoms with van der Waals surface area (Å²) in [7, 11) is 0. The predicted molar refractivity (Wildman–Crippen MR) is 100 cm³/mol. The van der Waals surface area contributed by atoms with E-state index in [-0.39, 0.29) is 5.56 Å². The fourth-order valence-corrected chi connectivity index (χ4v) is 3.17. The lowest BCUT2D eigenvalue weighted by atomic mass is 9.95. The van der Waals surface area contributed by atoms with E-state index in [9.17, 15) is 4.79 Å². The molecule has 0 aliphatic heterocycles. The molecule has 1 heterocycles. The van der Waals surface area contributed by atoms with Crippen molar-refractivity contribution in [1.29, 1.82) is 0 Å². The Morgan fingerprint density at radius 2 is 1.46 bits per heavy atom. The van der Waals surface area contributed by atoms with E-state index in [2.05, 4.69) is 48.3 Å². The molecule has 4 aromatic rings. The predicted octanol–water partition coefficient (Wildman–Crippen LogP) is 5.17. The molecule has 24 heavy (non-hydrogen) atoms. The summed E-state index contributed by atoms with van der Waals surface area (Å²) in [6.45, 7) is 2.09. The van der Waals surface area contributed by atoms with Crippen LogP contribution in [0.15, 0.2) is 83.8 Å². The van der Waals surface area contributed by atoms with Gasteiger partial charge in [-0.3, -0.25) is 4.79 Å². The Labute approximate surface area is 140 Å². The number of aromatic amines is 1. The molecule has 0 spiro atoms. The molecule has 0 radical (unpaired) electrons. The normalized spacial score (nSPS) is 10.9. The maximum Gasteiger partial charge on any atom is 0.255 e. The second-order valence-corrected chi connectivity index (χ2v) is 5.97. The van der Waals surface area contributed by atoms with Crippen LogP contribution in [0.3, 0.4) is 0 Å². The van der Waals surface area contributed by atoms with Gasteiger partial charge in [-0.1, -0.05) is 66.7 Å². The van der Waals surface area contributed by atoms with Gasteiger partial charge in [0.15, 0.2) is 0 Å². The fourth-order valence-electron chi connectivity index (χ4n) is 3.17. The lowest BCUT2D eigenvalue weighted by molar-refractivity contribution is 1.27. The molecule has 2 nitrogen and oxygen atoms in total. The van der Waals surface area contributed by atoms with Crippen LogP contribution in [0.2, 0.25) is 0 Å². The van der Waals surface area contributed by atoms with Gasteiger partial charge < -0.3 is 4.98 Å². The van der Waals surface area contributed by atoms with E-state index in [1.807, 2.05) is 42.6 Å². The Hall–Kier alpha value is -3.13. The molecule has 0 fully saturated rings. The van der Waals surface area contributed by atoms with Crippen LogP contribution in [0.1, 0.15) is 5.56 Å². The Kier molecular flexibility index (Phi) is 3.51. The highest BCUT2D eigenvalue weighted by Gasteiger charge is 2.10. The van der Waals surface area contributed by atoms with Gasteiger partial charge in [-0.15, -0.1) is 0 Å². The van der Waals surface area contributed by atoms with Gasteiger partial charge in [0, 0.05) is 17.1 Å². The Balaban J connectivity index is 1.98. The van der Waals surface area contributed by atoms with Gasteiger partial charge in [0.2, 0.25) is 0 Å². The van der Waals surface area contributed by atoms with Crippen LogP contribution in [-0.2, 0) is 0 Å². The highest BCUT2D eigenvalue weighted by Crippen LogP contribution is 2.31. The highest BCUT2D eigenvalue weighted by molar-refractivity contribution is 5.98. The molecule has 0 bridgehead atoms. The molecule has 0 saturated carbocycles. The maximum atomic E-state index is 12.4. The molecule has 2 heteroatoms. The lowest BCUT2D eigenvalue weighted by Crippen LogP contribution is -2.06. The molecule has 0 saturated heterocycles. The van der Waals surface area contributed by atoms with Gasteiger partial charge in [0.05, 0.1) is 0 Å². The SMILES string of the molecule is Cc1ccccc1-c1c[nH]c(=O)c2cc(-c3ccccc3)ccc12. The molecule has 0 atom stereocenters. The van der Waals surface area contributed by atoms with Crippen molar-refractivity contribution in [3.8, 4) is 22.3 Å². The monoisotopic (exact) mass is 311 g/mol. The molecule has 116 valence electrons. The van der Waals surface area contributed by atoms with Gasteiger partial charge in [-0.05, 0) is 40.6 Å². The minimum atomic E-state index is -0.0554. The second-order valence-electron chi connectivity index (χ2n) is 5.97. The highest BCUT2D eigenvalue weighted by atomic mass is 16.1. The first-order chi connectivity index (χ1) is 11.7. The Bertz CT molecular complexity index is 1080. The van der Waals surface area contributed by atoms with E-state index < -0.39 is 0 Å². The van der Waals surface area contributed by atoms with Crippen molar-refractivity contribution in [3.63, 3.8) is 0 Å². The standard InChI is InChI=1S/C22H17NO/c1-15-7-5-6-10-18(15)21-14-23-22(24)20-13-17(11-12-19(20)21)16-8-3-2-4-9-16/h2-14H,1H3,(H,23,24). The van der Waals surface area contributed by atoms with Crippen molar-refractivity contribution < 1.29 is 0 Å². The molecular weight excluding hydrogens is 294 g/mol. The number of H-pyrrole nitrogens is 1. The maximum absolute atomic E-state index is 12.4. The summed E-state index contributed by atoms with van der Waals surface area (Å²) >= 11 is 0. The zero-order chi connectivity index (χ0) is 16.5. The first kappa shape index (κ1) is 14.5. The molecule has 4 rings (SSSR count). The molecule has 1 N–H and O–H groups in total. The second kappa shape index (κ2) is 5.82. The summed E-state index contributed by atoms with van der Waals surface area (Å²) in [6.07, 6.45) is 1.81. The van der Waals surface area contributed by atoms with Crippen LogP contribution in [0.25, 0.3) is 33.0 Å². The minimum absolute atomic E-state index is 0.0554. The minimum Gasteiger partial charge on any atom is -0.328 e. The van der Waals surface area contributed by atoms with Gasteiger partial charge in [0.25, 0.3) is 5.56 Å². The van der Waals surface area contributed by atoms with E-state index in [1.54, 1.807) is 0 Å². The largest absolute Gasteiger partial charge is 0.328 e. The van der Waals surface area contributed by atoms with E-state index >= 15 is 0 Å². The zero-order valence-corrected chi connectivity index (χ0v) is 13.4. The Morgan fingerprint density at radius 3 is 2.25 bits per heavy atom. The third-order valence-corrected chi connectivity index (χ3v) is 4.44. The summed E-state index contributed by atoms with van der Waals surface area (Å²) in [4.78, 5) is 15.3. The third-order valence-electron chi connectivity index (χ3n) is 4.44. The van der Waals surface area contributed by atoms with Crippen LogP contribution in [0.4, 0.5) is 0 Å².